The fourth-order valence-corrected chi connectivity index (χ4v) is 3.84. The average Bonchev–Trinajstić information content (AvgIpc) is 2.92. The topological polar surface area (TPSA) is 61.8 Å². The lowest BCUT2D eigenvalue weighted by Crippen LogP contribution is -2.25. The Morgan fingerprint density at radius 2 is 1.38 bits per heavy atom. The van der Waals surface area contributed by atoms with Gasteiger partial charge in [0.05, 0.1) is 16.9 Å². The number of aromatic nitrogens is 4. The van der Waals surface area contributed by atoms with Gasteiger partial charge in [0.1, 0.15) is 11.5 Å². The molecule has 0 fully saturated rings. The second kappa shape index (κ2) is 7.05. The van der Waals surface area contributed by atoms with Crippen LogP contribution in [0.25, 0.3) is 22.5 Å². The van der Waals surface area contributed by atoms with Crippen molar-refractivity contribution in [3.05, 3.63) is 98.6 Å². The van der Waals surface area contributed by atoms with Crippen LogP contribution >= 0.6 is 0 Å². The Morgan fingerprint density at radius 3 is 2.00 bits per heavy atom. The van der Waals surface area contributed by atoms with E-state index in [-0.39, 0.29) is 11.1 Å². The van der Waals surface area contributed by atoms with Gasteiger partial charge in [-0.2, -0.15) is 4.98 Å². The van der Waals surface area contributed by atoms with E-state index in [1.54, 1.807) is 16.2 Å². The van der Waals surface area contributed by atoms with Crippen molar-refractivity contribution in [3.8, 4) is 22.5 Å². The summed E-state index contributed by atoms with van der Waals surface area (Å²) in [5.41, 5.74) is 3.59. The third kappa shape index (κ3) is 2.93. The minimum atomic E-state index is -0.292. The van der Waals surface area contributed by atoms with Gasteiger partial charge < -0.3 is 0 Å². The van der Waals surface area contributed by atoms with E-state index in [2.05, 4.69) is 4.98 Å². The maximum atomic E-state index is 13.5. The second-order valence-electron chi connectivity index (χ2n) is 7.04. The summed E-state index contributed by atoms with van der Waals surface area (Å²) in [4.78, 5) is 30.4. The van der Waals surface area contributed by atoms with E-state index in [1.165, 1.54) is 0 Å². The van der Waals surface area contributed by atoms with Crippen molar-refractivity contribution in [1.29, 1.82) is 0 Å². The van der Waals surface area contributed by atoms with Gasteiger partial charge in [0.2, 0.25) is 0 Å². The zero-order chi connectivity index (χ0) is 20.7. The van der Waals surface area contributed by atoms with E-state index in [1.807, 2.05) is 86.2 Å². The first kappa shape index (κ1) is 18.7. The Bertz CT molecular complexity index is 1310. The third-order valence-corrected chi connectivity index (χ3v) is 5.31. The quantitative estimate of drug-likeness (QED) is 0.543. The summed E-state index contributed by atoms with van der Waals surface area (Å²) in [6.45, 7) is 5.51. The summed E-state index contributed by atoms with van der Waals surface area (Å²) in [6.07, 6.45) is 0. The fourth-order valence-electron chi connectivity index (χ4n) is 3.84. The van der Waals surface area contributed by atoms with Crippen molar-refractivity contribution in [1.82, 2.24) is 18.9 Å². The molecule has 4 rings (SSSR count). The number of nitrogens with zero attached hydrogens (tertiary/aromatic N) is 4. The molecule has 0 atom stereocenters. The van der Waals surface area contributed by atoms with E-state index in [0.717, 1.165) is 16.9 Å². The third-order valence-electron chi connectivity index (χ3n) is 5.31. The van der Waals surface area contributed by atoms with Crippen molar-refractivity contribution in [2.75, 3.05) is 0 Å². The lowest BCUT2D eigenvalue weighted by Gasteiger charge is -2.16. The van der Waals surface area contributed by atoms with Crippen LogP contribution in [-0.2, 0) is 7.05 Å². The van der Waals surface area contributed by atoms with Crippen LogP contribution in [0.1, 0.15) is 17.2 Å². The molecule has 0 saturated heterocycles. The number of aryl methyl sites for hydroxylation is 1. The molecule has 0 saturated carbocycles. The highest BCUT2D eigenvalue weighted by atomic mass is 16.1. The molecule has 6 nitrogen and oxygen atoms in total. The lowest BCUT2D eigenvalue weighted by atomic mass is 10.1. The number of rotatable bonds is 3. The largest absolute Gasteiger partial charge is 0.295 e. The predicted octanol–water partition coefficient (Wildman–Crippen LogP) is 3.31. The van der Waals surface area contributed by atoms with E-state index >= 15 is 0 Å². The molecule has 0 aliphatic carbocycles. The molecule has 4 aromatic rings. The van der Waals surface area contributed by atoms with Crippen LogP contribution in [0.4, 0.5) is 0 Å². The molecule has 29 heavy (non-hydrogen) atoms. The number of hydrogen-bond donors (Lipinski definition) is 0. The Hall–Kier alpha value is -3.67. The lowest BCUT2D eigenvalue weighted by molar-refractivity contribution is 0.630. The van der Waals surface area contributed by atoms with E-state index < -0.39 is 0 Å². The summed E-state index contributed by atoms with van der Waals surface area (Å²) in [5.74, 6) is 0.484. The highest BCUT2D eigenvalue weighted by molar-refractivity contribution is 5.66. The minimum Gasteiger partial charge on any atom is -0.295 e. The van der Waals surface area contributed by atoms with Crippen molar-refractivity contribution in [2.45, 2.75) is 20.8 Å². The van der Waals surface area contributed by atoms with Gasteiger partial charge in [-0.25, -0.2) is 4.68 Å². The molecule has 0 N–H and O–H groups in total. The van der Waals surface area contributed by atoms with Gasteiger partial charge in [0.25, 0.3) is 11.1 Å². The Balaban J connectivity index is 2.05. The normalized spacial score (nSPS) is 11.0. The van der Waals surface area contributed by atoms with E-state index in [9.17, 15) is 9.59 Å². The number of para-hydroxylation sites is 1. The SMILES string of the molecule is Cc1nc(=O)c(-c2ccccc2)c(C)n1-c1c(C)n(C)n(-c2ccccc2)c1=O. The second-order valence-corrected chi connectivity index (χ2v) is 7.04. The van der Waals surface area contributed by atoms with Gasteiger partial charge in [-0.1, -0.05) is 48.5 Å². The van der Waals surface area contributed by atoms with Crippen molar-refractivity contribution in [2.24, 2.45) is 7.05 Å². The molecule has 146 valence electrons. The van der Waals surface area contributed by atoms with Crippen LogP contribution < -0.4 is 11.1 Å². The number of hydrogen-bond acceptors (Lipinski definition) is 3. The average molecular weight is 386 g/mol. The molecule has 0 aliphatic heterocycles. The Morgan fingerprint density at radius 1 is 0.793 bits per heavy atom. The predicted molar refractivity (Wildman–Crippen MR) is 114 cm³/mol. The smallest absolute Gasteiger partial charge is 0.295 e. The first-order valence-corrected chi connectivity index (χ1v) is 9.42. The summed E-state index contributed by atoms with van der Waals surface area (Å²) in [6, 6.07) is 18.9. The van der Waals surface area contributed by atoms with Gasteiger partial charge in [-0.15, -0.1) is 0 Å². The molecular formula is C23H22N4O2. The standard InChI is InChI=1S/C23H22N4O2/c1-15-20(18-11-7-5-8-12-18)22(28)24-17(3)26(15)21-16(2)25(4)27(23(21)29)19-13-9-6-10-14-19/h5-14H,1-4H3. The molecule has 0 radical (unpaired) electrons. The first-order chi connectivity index (χ1) is 13.9. The monoisotopic (exact) mass is 386 g/mol. The van der Waals surface area contributed by atoms with E-state index in [4.69, 9.17) is 0 Å². The molecule has 2 aromatic heterocycles. The van der Waals surface area contributed by atoms with Gasteiger partial charge >= 0.3 is 0 Å². The van der Waals surface area contributed by atoms with Crippen LogP contribution in [0.3, 0.4) is 0 Å². The maximum absolute atomic E-state index is 13.5. The van der Waals surface area contributed by atoms with Gasteiger partial charge in [0, 0.05) is 12.7 Å². The molecule has 0 amide bonds. The van der Waals surface area contributed by atoms with E-state index in [0.29, 0.717) is 22.8 Å². The summed E-state index contributed by atoms with van der Waals surface area (Å²) >= 11 is 0. The minimum absolute atomic E-state index is 0.160. The molecule has 6 heteroatoms. The van der Waals surface area contributed by atoms with Crippen molar-refractivity contribution >= 4 is 0 Å². The van der Waals surface area contributed by atoms with Crippen LogP contribution in [-0.4, -0.2) is 18.9 Å². The summed E-state index contributed by atoms with van der Waals surface area (Å²) in [7, 11) is 1.85. The molecule has 2 heterocycles. The van der Waals surface area contributed by atoms with Crippen LogP contribution in [0, 0.1) is 20.8 Å². The molecular weight excluding hydrogens is 364 g/mol. The maximum Gasteiger partial charge on any atom is 0.295 e. The molecule has 0 aliphatic rings. The first-order valence-electron chi connectivity index (χ1n) is 9.42. The van der Waals surface area contributed by atoms with Gasteiger partial charge in [0.15, 0.2) is 0 Å². The Labute approximate surface area is 168 Å². The molecule has 0 bridgehead atoms. The van der Waals surface area contributed by atoms with Gasteiger partial charge in [-0.05, 0) is 38.5 Å². The Kier molecular flexibility index (Phi) is 4.54. The highest BCUT2D eigenvalue weighted by Crippen LogP contribution is 2.23. The van der Waals surface area contributed by atoms with Crippen LogP contribution in [0.5, 0.6) is 0 Å². The zero-order valence-electron chi connectivity index (χ0n) is 16.9. The highest BCUT2D eigenvalue weighted by Gasteiger charge is 2.22. The van der Waals surface area contributed by atoms with Crippen molar-refractivity contribution < 1.29 is 0 Å². The number of benzene rings is 2. The fraction of sp³-hybridized carbons (Fsp3) is 0.174. The molecule has 0 unspecified atom stereocenters. The summed E-state index contributed by atoms with van der Waals surface area (Å²) in [5, 5.41) is 0. The molecule has 2 aromatic carbocycles. The summed E-state index contributed by atoms with van der Waals surface area (Å²) < 4.78 is 5.25. The van der Waals surface area contributed by atoms with Crippen LogP contribution in [0.15, 0.2) is 70.3 Å². The zero-order valence-corrected chi connectivity index (χ0v) is 16.9. The molecule has 0 spiro atoms. The van der Waals surface area contributed by atoms with Gasteiger partial charge in [-0.3, -0.25) is 18.8 Å². The van der Waals surface area contributed by atoms with Crippen molar-refractivity contribution in [3.63, 3.8) is 0 Å². The van der Waals surface area contributed by atoms with Crippen LogP contribution in [0.2, 0.25) is 0 Å².